The average Bonchev–Trinajstić information content (AvgIpc) is 3.12. The van der Waals surface area contributed by atoms with E-state index in [0.717, 1.165) is 41.1 Å². The second-order valence-corrected chi connectivity index (χ2v) is 5.50. The highest BCUT2D eigenvalue weighted by Crippen LogP contribution is 2.24. The standard InChI is InChI=1S/C19H17N5.CH4/c1-2-6-14(7-3-1)17-23-18(16-10-13-22-19(16)24-17)21-12-9-15-8-4-5-11-20-15;/h1-8,10-11,13H,9,12H2,(H2,21,22,23,24);1H4. The lowest BCUT2D eigenvalue weighted by atomic mass is 10.2. The van der Waals surface area contributed by atoms with E-state index in [1.165, 1.54) is 0 Å². The quantitative estimate of drug-likeness (QED) is 0.572. The number of pyridine rings is 1. The number of nitrogens with one attached hydrogen (secondary N) is 2. The van der Waals surface area contributed by atoms with Crippen LogP contribution < -0.4 is 5.32 Å². The number of fused-ring (bicyclic) bond motifs is 1. The van der Waals surface area contributed by atoms with E-state index >= 15 is 0 Å². The molecule has 3 aromatic heterocycles. The number of aromatic amines is 1. The maximum absolute atomic E-state index is 4.71. The highest BCUT2D eigenvalue weighted by Gasteiger charge is 2.09. The molecule has 0 bridgehead atoms. The fourth-order valence-corrected chi connectivity index (χ4v) is 2.65. The van der Waals surface area contributed by atoms with E-state index in [4.69, 9.17) is 4.98 Å². The largest absolute Gasteiger partial charge is 0.369 e. The minimum absolute atomic E-state index is 0. The Morgan fingerprint density at radius 3 is 2.56 bits per heavy atom. The smallest absolute Gasteiger partial charge is 0.163 e. The lowest BCUT2D eigenvalue weighted by Crippen LogP contribution is -2.08. The van der Waals surface area contributed by atoms with Crippen LogP contribution in [0.3, 0.4) is 0 Å². The summed E-state index contributed by atoms with van der Waals surface area (Å²) in [6.07, 6.45) is 4.55. The fourth-order valence-electron chi connectivity index (χ4n) is 2.65. The lowest BCUT2D eigenvalue weighted by Gasteiger charge is -2.09. The predicted molar refractivity (Wildman–Crippen MR) is 102 cm³/mol. The summed E-state index contributed by atoms with van der Waals surface area (Å²) in [5.74, 6) is 1.56. The number of rotatable bonds is 5. The van der Waals surface area contributed by atoms with Gasteiger partial charge in [-0.15, -0.1) is 0 Å². The van der Waals surface area contributed by atoms with E-state index in [9.17, 15) is 0 Å². The van der Waals surface area contributed by atoms with Crippen molar-refractivity contribution in [3.8, 4) is 11.4 Å². The summed E-state index contributed by atoms with van der Waals surface area (Å²) in [7, 11) is 0. The van der Waals surface area contributed by atoms with Crippen LogP contribution in [-0.4, -0.2) is 26.5 Å². The molecule has 0 amide bonds. The van der Waals surface area contributed by atoms with Gasteiger partial charge in [0.15, 0.2) is 5.82 Å². The van der Waals surface area contributed by atoms with Gasteiger partial charge in [-0.1, -0.05) is 43.8 Å². The first-order chi connectivity index (χ1) is 11.9. The number of hydrogen-bond donors (Lipinski definition) is 2. The van der Waals surface area contributed by atoms with Gasteiger partial charge in [0, 0.05) is 36.6 Å². The molecule has 3 heterocycles. The number of aromatic nitrogens is 4. The van der Waals surface area contributed by atoms with E-state index < -0.39 is 0 Å². The van der Waals surface area contributed by atoms with Crippen LogP contribution in [0.1, 0.15) is 13.1 Å². The zero-order valence-corrected chi connectivity index (χ0v) is 13.1. The maximum Gasteiger partial charge on any atom is 0.163 e. The Balaban J connectivity index is 0.00000182. The molecular formula is C20H21N5. The summed E-state index contributed by atoms with van der Waals surface area (Å²) in [6, 6.07) is 18.0. The highest BCUT2D eigenvalue weighted by molar-refractivity contribution is 5.88. The molecule has 5 heteroatoms. The Bertz CT molecular complexity index is 932. The molecule has 0 aliphatic heterocycles. The Morgan fingerprint density at radius 1 is 0.920 bits per heavy atom. The Labute approximate surface area is 147 Å². The second kappa shape index (κ2) is 7.57. The molecule has 0 aliphatic carbocycles. The van der Waals surface area contributed by atoms with E-state index in [1.54, 1.807) is 0 Å². The van der Waals surface area contributed by atoms with E-state index in [0.29, 0.717) is 5.82 Å². The SMILES string of the molecule is C.c1ccc(-c2nc(NCCc3ccccn3)c3cc[nH]c3n2)cc1. The van der Waals surface area contributed by atoms with Gasteiger partial charge in [-0.25, -0.2) is 9.97 Å². The monoisotopic (exact) mass is 331 g/mol. The molecule has 25 heavy (non-hydrogen) atoms. The van der Waals surface area contributed by atoms with Crippen molar-refractivity contribution in [1.29, 1.82) is 0 Å². The number of H-pyrrole nitrogens is 1. The molecular weight excluding hydrogens is 310 g/mol. The number of benzene rings is 1. The van der Waals surface area contributed by atoms with Crippen LogP contribution in [0.4, 0.5) is 5.82 Å². The molecule has 0 unspecified atom stereocenters. The molecule has 2 N–H and O–H groups in total. The van der Waals surface area contributed by atoms with Gasteiger partial charge in [0.1, 0.15) is 11.5 Å². The third-order valence-electron chi connectivity index (χ3n) is 3.85. The van der Waals surface area contributed by atoms with Gasteiger partial charge < -0.3 is 10.3 Å². The van der Waals surface area contributed by atoms with Crippen LogP contribution in [0, 0.1) is 0 Å². The first-order valence-electron chi connectivity index (χ1n) is 7.94. The Morgan fingerprint density at radius 2 is 1.76 bits per heavy atom. The summed E-state index contributed by atoms with van der Waals surface area (Å²) < 4.78 is 0. The Hall–Kier alpha value is -3.21. The summed E-state index contributed by atoms with van der Waals surface area (Å²) >= 11 is 0. The van der Waals surface area contributed by atoms with Crippen LogP contribution in [0.15, 0.2) is 67.0 Å². The maximum atomic E-state index is 4.71. The van der Waals surface area contributed by atoms with Crippen molar-refractivity contribution in [3.63, 3.8) is 0 Å². The topological polar surface area (TPSA) is 66.5 Å². The van der Waals surface area contributed by atoms with Crippen molar-refractivity contribution in [2.75, 3.05) is 11.9 Å². The first kappa shape index (κ1) is 16.6. The zero-order valence-electron chi connectivity index (χ0n) is 13.1. The van der Waals surface area contributed by atoms with Gasteiger partial charge in [-0.05, 0) is 18.2 Å². The first-order valence-corrected chi connectivity index (χ1v) is 7.94. The number of nitrogens with zero attached hydrogens (tertiary/aromatic N) is 3. The van der Waals surface area contributed by atoms with Gasteiger partial charge in [0.25, 0.3) is 0 Å². The molecule has 0 aliphatic rings. The van der Waals surface area contributed by atoms with Crippen molar-refractivity contribution >= 4 is 16.9 Å². The van der Waals surface area contributed by atoms with Gasteiger partial charge in [0.05, 0.1) is 5.39 Å². The second-order valence-electron chi connectivity index (χ2n) is 5.50. The van der Waals surface area contributed by atoms with Crippen molar-refractivity contribution in [3.05, 3.63) is 72.7 Å². The molecule has 126 valence electrons. The van der Waals surface area contributed by atoms with Gasteiger partial charge in [0.2, 0.25) is 0 Å². The average molecular weight is 331 g/mol. The summed E-state index contributed by atoms with van der Waals surface area (Å²) in [4.78, 5) is 16.8. The Kier molecular flexibility index (Phi) is 5.04. The van der Waals surface area contributed by atoms with E-state index in [1.807, 2.05) is 67.0 Å². The third-order valence-corrected chi connectivity index (χ3v) is 3.85. The summed E-state index contributed by atoms with van der Waals surface area (Å²) in [5, 5.41) is 4.42. The van der Waals surface area contributed by atoms with Crippen molar-refractivity contribution in [2.45, 2.75) is 13.8 Å². The molecule has 0 atom stereocenters. The number of anilines is 1. The van der Waals surface area contributed by atoms with E-state index in [-0.39, 0.29) is 7.43 Å². The molecule has 5 nitrogen and oxygen atoms in total. The fraction of sp³-hybridized carbons (Fsp3) is 0.150. The molecule has 1 aromatic carbocycles. The van der Waals surface area contributed by atoms with Crippen molar-refractivity contribution in [1.82, 2.24) is 19.9 Å². The van der Waals surface area contributed by atoms with Crippen molar-refractivity contribution in [2.24, 2.45) is 0 Å². The molecule has 4 rings (SSSR count). The molecule has 4 aromatic rings. The van der Waals surface area contributed by atoms with Crippen molar-refractivity contribution < 1.29 is 0 Å². The van der Waals surface area contributed by atoms with Crippen LogP contribution in [0.5, 0.6) is 0 Å². The highest BCUT2D eigenvalue weighted by atomic mass is 15.1. The predicted octanol–water partition coefficient (Wildman–Crippen LogP) is 4.31. The normalized spacial score (nSPS) is 10.4. The zero-order chi connectivity index (χ0) is 16.2. The summed E-state index contributed by atoms with van der Waals surface area (Å²) in [5.41, 5.74) is 2.90. The molecule has 0 spiro atoms. The van der Waals surface area contributed by atoms with Crippen LogP contribution in [0.25, 0.3) is 22.4 Å². The van der Waals surface area contributed by atoms with Crippen LogP contribution in [-0.2, 0) is 6.42 Å². The third kappa shape index (κ3) is 3.66. The van der Waals surface area contributed by atoms with Gasteiger partial charge in [-0.2, -0.15) is 0 Å². The van der Waals surface area contributed by atoms with E-state index in [2.05, 4.69) is 20.3 Å². The van der Waals surface area contributed by atoms with Crippen LogP contribution in [0.2, 0.25) is 0 Å². The molecule has 0 saturated carbocycles. The van der Waals surface area contributed by atoms with Crippen LogP contribution >= 0.6 is 0 Å². The molecule has 0 fully saturated rings. The molecule has 0 saturated heterocycles. The molecule has 0 radical (unpaired) electrons. The van der Waals surface area contributed by atoms with Gasteiger partial charge >= 0.3 is 0 Å². The van der Waals surface area contributed by atoms with Gasteiger partial charge in [-0.3, -0.25) is 4.98 Å². The lowest BCUT2D eigenvalue weighted by molar-refractivity contribution is 0.955. The minimum Gasteiger partial charge on any atom is -0.369 e. The minimum atomic E-state index is 0. The number of hydrogen-bond acceptors (Lipinski definition) is 4. The summed E-state index contributed by atoms with van der Waals surface area (Å²) in [6.45, 7) is 0.766.